The van der Waals surface area contributed by atoms with Crippen LogP contribution in [0.5, 0.6) is 5.75 Å². The standard InChI is InChI=1S/C16H21NO4/c1-3-17(14-9-11(18)8-7-10(14)2)15(19)12-5-4-6-13(12)16(20)21/h7-9,12-13,18H,3-6H2,1-2H3,(H,20,21). The number of aromatic hydroxyl groups is 1. The third-order valence-electron chi connectivity index (χ3n) is 4.22. The monoisotopic (exact) mass is 291 g/mol. The molecule has 1 aromatic rings. The van der Waals surface area contributed by atoms with Gasteiger partial charge in [0.15, 0.2) is 0 Å². The van der Waals surface area contributed by atoms with E-state index in [-0.39, 0.29) is 11.7 Å². The lowest BCUT2D eigenvalue weighted by molar-refractivity contribution is -0.145. The molecule has 1 aromatic carbocycles. The minimum Gasteiger partial charge on any atom is -0.508 e. The first-order valence-corrected chi connectivity index (χ1v) is 7.29. The lowest BCUT2D eigenvalue weighted by Crippen LogP contribution is -2.39. The first kappa shape index (κ1) is 15.4. The van der Waals surface area contributed by atoms with Crippen LogP contribution in [0.3, 0.4) is 0 Å². The third kappa shape index (κ3) is 3.01. The number of amides is 1. The predicted molar refractivity (Wildman–Crippen MR) is 79.3 cm³/mol. The maximum atomic E-state index is 12.7. The lowest BCUT2D eigenvalue weighted by atomic mass is 9.94. The number of carboxylic acids is 1. The quantitative estimate of drug-likeness (QED) is 0.893. The molecule has 2 atom stereocenters. The van der Waals surface area contributed by atoms with Gasteiger partial charge in [0.2, 0.25) is 5.91 Å². The zero-order valence-electron chi connectivity index (χ0n) is 12.4. The number of nitrogens with zero attached hydrogens (tertiary/aromatic N) is 1. The second-order valence-corrected chi connectivity index (χ2v) is 5.54. The number of aliphatic carboxylic acids is 1. The lowest BCUT2D eigenvalue weighted by Gasteiger charge is -2.27. The van der Waals surface area contributed by atoms with Crippen molar-refractivity contribution < 1.29 is 19.8 Å². The molecule has 1 amide bonds. The largest absolute Gasteiger partial charge is 0.508 e. The zero-order chi connectivity index (χ0) is 15.6. The molecule has 21 heavy (non-hydrogen) atoms. The SMILES string of the molecule is CCN(C(=O)C1CCCC1C(=O)O)c1cc(O)ccc1C. The molecule has 0 radical (unpaired) electrons. The Morgan fingerprint density at radius 2 is 1.95 bits per heavy atom. The van der Waals surface area contributed by atoms with Crippen molar-refractivity contribution >= 4 is 17.6 Å². The van der Waals surface area contributed by atoms with Gasteiger partial charge in [-0.3, -0.25) is 9.59 Å². The Morgan fingerprint density at radius 1 is 1.29 bits per heavy atom. The number of carboxylic acid groups (broad SMARTS) is 1. The van der Waals surface area contributed by atoms with Crippen LogP contribution >= 0.6 is 0 Å². The number of anilines is 1. The molecule has 0 aromatic heterocycles. The van der Waals surface area contributed by atoms with Gasteiger partial charge in [0.1, 0.15) is 5.75 Å². The molecule has 0 heterocycles. The van der Waals surface area contributed by atoms with E-state index in [1.807, 2.05) is 13.8 Å². The Bertz CT molecular complexity index is 555. The first-order chi connectivity index (χ1) is 9.95. The summed E-state index contributed by atoms with van der Waals surface area (Å²) < 4.78 is 0. The van der Waals surface area contributed by atoms with E-state index in [1.54, 1.807) is 23.1 Å². The van der Waals surface area contributed by atoms with Crippen molar-refractivity contribution in [2.45, 2.75) is 33.1 Å². The highest BCUT2D eigenvalue weighted by Crippen LogP contribution is 2.35. The topological polar surface area (TPSA) is 77.8 Å². The van der Waals surface area contributed by atoms with Gasteiger partial charge in [0, 0.05) is 12.6 Å². The zero-order valence-corrected chi connectivity index (χ0v) is 12.4. The highest BCUT2D eigenvalue weighted by molar-refractivity contribution is 5.98. The second-order valence-electron chi connectivity index (χ2n) is 5.54. The molecule has 114 valence electrons. The molecule has 0 saturated heterocycles. The van der Waals surface area contributed by atoms with Crippen LogP contribution < -0.4 is 4.90 Å². The Kier molecular flexibility index (Phi) is 4.50. The van der Waals surface area contributed by atoms with E-state index < -0.39 is 17.8 Å². The van der Waals surface area contributed by atoms with E-state index >= 15 is 0 Å². The van der Waals surface area contributed by atoms with Gasteiger partial charge in [-0.25, -0.2) is 0 Å². The number of hydrogen-bond donors (Lipinski definition) is 2. The van der Waals surface area contributed by atoms with Crippen LogP contribution in [0.1, 0.15) is 31.7 Å². The van der Waals surface area contributed by atoms with E-state index in [0.717, 1.165) is 12.0 Å². The van der Waals surface area contributed by atoms with Crippen LogP contribution in [0.25, 0.3) is 0 Å². The van der Waals surface area contributed by atoms with E-state index in [4.69, 9.17) is 0 Å². The smallest absolute Gasteiger partial charge is 0.307 e. The summed E-state index contributed by atoms with van der Waals surface area (Å²) in [7, 11) is 0. The first-order valence-electron chi connectivity index (χ1n) is 7.29. The molecule has 2 unspecified atom stereocenters. The maximum Gasteiger partial charge on any atom is 0.307 e. The maximum absolute atomic E-state index is 12.7. The number of rotatable bonds is 4. The Morgan fingerprint density at radius 3 is 2.57 bits per heavy atom. The van der Waals surface area contributed by atoms with Gasteiger partial charge in [0.05, 0.1) is 17.5 Å². The van der Waals surface area contributed by atoms with Crippen molar-refractivity contribution in [2.75, 3.05) is 11.4 Å². The molecule has 5 heteroatoms. The minimum absolute atomic E-state index is 0.100. The summed E-state index contributed by atoms with van der Waals surface area (Å²) in [6.07, 6.45) is 1.94. The molecule has 0 spiro atoms. The third-order valence-corrected chi connectivity index (χ3v) is 4.22. The molecular formula is C16H21NO4. The fraction of sp³-hybridized carbons (Fsp3) is 0.500. The van der Waals surface area contributed by atoms with E-state index in [1.165, 1.54) is 0 Å². The van der Waals surface area contributed by atoms with E-state index in [9.17, 15) is 19.8 Å². The second kappa shape index (κ2) is 6.16. The van der Waals surface area contributed by atoms with Gasteiger partial charge in [-0.05, 0) is 38.3 Å². The normalized spacial score (nSPS) is 21.2. The summed E-state index contributed by atoms with van der Waals surface area (Å²) in [6.45, 7) is 4.17. The van der Waals surface area contributed by atoms with Crippen molar-refractivity contribution in [2.24, 2.45) is 11.8 Å². The van der Waals surface area contributed by atoms with Gasteiger partial charge in [-0.15, -0.1) is 0 Å². The van der Waals surface area contributed by atoms with Crippen LogP contribution in [0.2, 0.25) is 0 Å². The van der Waals surface area contributed by atoms with Crippen molar-refractivity contribution in [1.29, 1.82) is 0 Å². The number of carbonyl (C=O) groups excluding carboxylic acids is 1. The molecule has 2 rings (SSSR count). The fourth-order valence-electron chi connectivity index (χ4n) is 3.08. The molecule has 1 aliphatic rings. The van der Waals surface area contributed by atoms with Crippen molar-refractivity contribution in [3.63, 3.8) is 0 Å². The van der Waals surface area contributed by atoms with Gasteiger partial charge < -0.3 is 15.1 Å². The molecule has 0 aliphatic heterocycles. The summed E-state index contributed by atoms with van der Waals surface area (Å²) in [5, 5.41) is 18.9. The van der Waals surface area contributed by atoms with Crippen LogP contribution in [-0.2, 0) is 9.59 Å². The molecular weight excluding hydrogens is 270 g/mol. The average Bonchev–Trinajstić information content (AvgIpc) is 2.92. The van der Waals surface area contributed by atoms with Gasteiger partial charge in [-0.2, -0.15) is 0 Å². The Labute approximate surface area is 124 Å². The van der Waals surface area contributed by atoms with Crippen molar-refractivity contribution in [3.05, 3.63) is 23.8 Å². The van der Waals surface area contributed by atoms with Crippen LogP contribution in [-0.4, -0.2) is 28.6 Å². The molecule has 1 aliphatic carbocycles. The minimum atomic E-state index is -0.894. The average molecular weight is 291 g/mol. The highest BCUT2D eigenvalue weighted by atomic mass is 16.4. The van der Waals surface area contributed by atoms with Gasteiger partial charge in [-0.1, -0.05) is 12.5 Å². The molecule has 1 fully saturated rings. The predicted octanol–water partition coefficient (Wildman–Crippen LogP) is 2.55. The summed E-state index contributed by atoms with van der Waals surface area (Å²) in [6, 6.07) is 4.89. The number of benzene rings is 1. The van der Waals surface area contributed by atoms with Gasteiger partial charge >= 0.3 is 5.97 Å². The van der Waals surface area contributed by atoms with Crippen molar-refractivity contribution in [3.8, 4) is 5.75 Å². The number of phenols is 1. The highest BCUT2D eigenvalue weighted by Gasteiger charge is 2.39. The Balaban J connectivity index is 2.30. The molecule has 0 bridgehead atoms. The van der Waals surface area contributed by atoms with Crippen LogP contribution in [0, 0.1) is 18.8 Å². The summed E-state index contributed by atoms with van der Waals surface area (Å²) in [4.78, 5) is 25.6. The number of phenolic OH excluding ortho intramolecular Hbond substituents is 1. The Hall–Kier alpha value is -2.04. The summed E-state index contributed by atoms with van der Waals surface area (Å²) in [5.74, 6) is -2.01. The summed E-state index contributed by atoms with van der Waals surface area (Å²) >= 11 is 0. The molecule has 5 nitrogen and oxygen atoms in total. The number of carbonyl (C=O) groups is 2. The van der Waals surface area contributed by atoms with Crippen LogP contribution in [0.15, 0.2) is 18.2 Å². The van der Waals surface area contributed by atoms with Crippen molar-refractivity contribution in [1.82, 2.24) is 0 Å². The number of aryl methyl sites for hydroxylation is 1. The fourth-order valence-corrected chi connectivity index (χ4v) is 3.08. The molecule has 2 N–H and O–H groups in total. The van der Waals surface area contributed by atoms with Crippen LogP contribution in [0.4, 0.5) is 5.69 Å². The summed E-state index contributed by atoms with van der Waals surface area (Å²) in [5.41, 5.74) is 1.53. The van der Waals surface area contributed by atoms with E-state index in [0.29, 0.717) is 25.1 Å². The number of hydrogen-bond acceptors (Lipinski definition) is 3. The van der Waals surface area contributed by atoms with Gasteiger partial charge in [0.25, 0.3) is 0 Å². The van der Waals surface area contributed by atoms with E-state index in [2.05, 4.69) is 0 Å². The molecule has 1 saturated carbocycles.